The first kappa shape index (κ1) is 15.5. The van der Waals surface area contributed by atoms with E-state index in [4.69, 9.17) is 0 Å². The Bertz CT molecular complexity index is 709. The van der Waals surface area contributed by atoms with Gasteiger partial charge in [-0.3, -0.25) is 4.72 Å². The van der Waals surface area contributed by atoms with Crippen molar-refractivity contribution in [2.24, 2.45) is 0 Å². The van der Waals surface area contributed by atoms with Crippen LogP contribution in [0.15, 0.2) is 35.5 Å². The van der Waals surface area contributed by atoms with Crippen molar-refractivity contribution in [1.82, 2.24) is 15.3 Å². The van der Waals surface area contributed by atoms with E-state index in [0.29, 0.717) is 11.5 Å². The lowest BCUT2D eigenvalue weighted by Crippen LogP contribution is -2.18. The molecule has 1 unspecified atom stereocenters. The van der Waals surface area contributed by atoms with E-state index >= 15 is 0 Å². The maximum absolute atomic E-state index is 12.2. The van der Waals surface area contributed by atoms with Crippen molar-refractivity contribution in [3.05, 3.63) is 41.9 Å². The average molecular weight is 308 g/mol. The standard InChI is InChI=1S/C14H20N4O2S/c1-4-15-10(2)12-6-5-7-13(8-12)18-21(19,20)14-9-16-11(3)17-14/h5-10,15,18H,4H2,1-3H3,(H,16,17). The molecule has 2 aromatic rings. The summed E-state index contributed by atoms with van der Waals surface area (Å²) < 4.78 is 27.0. The molecule has 0 amide bonds. The molecule has 0 radical (unpaired) electrons. The van der Waals surface area contributed by atoms with E-state index in [1.807, 2.05) is 32.0 Å². The van der Waals surface area contributed by atoms with Gasteiger partial charge >= 0.3 is 0 Å². The Hall–Kier alpha value is -1.86. The maximum atomic E-state index is 12.2. The van der Waals surface area contributed by atoms with Gasteiger partial charge in [-0.05, 0) is 38.1 Å². The summed E-state index contributed by atoms with van der Waals surface area (Å²) in [6.07, 6.45) is 1.31. The number of aromatic amines is 1. The first-order valence-corrected chi connectivity index (χ1v) is 8.28. The van der Waals surface area contributed by atoms with E-state index in [0.717, 1.165) is 12.1 Å². The molecule has 2 rings (SSSR count). The molecular weight excluding hydrogens is 288 g/mol. The van der Waals surface area contributed by atoms with Crippen LogP contribution in [0, 0.1) is 6.92 Å². The number of sulfonamides is 1. The fraction of sp³-hybridized carbons (Fsp3) is 0.357. The van der Waals surface area contributed by atoms with Crippen LogP contribution in [0.2, 0.25) is 0 Å². The maximum Gasteiger partial charge on any atom is 0.278 e. The number of nitrogens with one attached hydrogen (secondary N) is 3. The minimum atomic E-state index is -3.64. The molecule has 6 nitrogen and oxygen atoms in total. The predicted octanol–water partition coefficient (Wildman–Crippen LogP) is 2.19. The molecule has 1 aromatic heterocycles. The van der Waals surface area contributed by atoms with Crippen molar-refractivity contribution in [3.63, 3.8) is 0 Å². The third kappa shape index (κ3) is 3.83. The molecule has 0 aliphatic rings. The highest BCUT2D eigenvalue weighted by atomic mass is 32.2. The molecule has 1 heterocycles. The van der Waals surface area contributed by atoms with Gasteiger partial charge in [0.25, 0.3) is 10.0 Å². The fourth-order valence-electron chi connectivity index (χ4n) is 2.04. The molecule has 7 heteroatoms. The Labute approximate surface area is 125 Å². The van der Waals surface area contributed by atoms with E-state index in [1.54, 1.807) is 13.0 Å². The highest BCUT2D eigenvalue weighted by molar-refractivity contribution is 7.92. The lowest BCUT2D eigenvalue weighted by atomic mass is 10.1. The van der Waals surface area contributed by atoms with Gasteiger partial charge in [0, 0.05) is 11.7 Å². The van der Waals surface area contributed by atoms with E-state index in [2.05, 4.69) is 20.0 Å². The van der Waals surface area contributed by atoms with E-state index in [1.165, 1.54) is 6.20 Å². The zero-order valence-electron chi connectivity index (χ0n) is 12.3. The monoisotopic (exact) mass is 308 g/mol. The number of nitrogens with zero attached hydrogens (tertiary/aromatic N) is 1. The van der Waals surface area contributed by atoms with Gasteiger partial charge < -0.3 is 10.3 Å². The molecule has 1 atom stereocenters. The van der Waals surface area contributed by atoms with E-state index in [9.17, 15) is 8.42 Å². The van der Waals surface area contributed by atoms with Crippen LogP contribution in [0.1, 0.15) is 31.3 Å². The average Bonchev–Trinajstić information content (AvgIpc) is 2.86. The van der Waals surface area contributed by atoms with Gasteiger partial charge in [-0.25, -0.2) is 4.98 Å². The van der Waals surface area contributed by atoms with Gasteiger partial charge in [-0.15, -0.1) is 0 Å². The van der Waals surface area contributed by atoms with Gasteiger partial charge in [-0.1, -0.05) is 19.1 Å². The van der Waals surface area contributed by atoms with Gasteiger partial charge in [0.2, 0.25) is 0 Å². The summed E-state index contributed by atoms with van der Waals surface area (Å²) in [7, 11) is -3.64. The molecule has 3 N–H and O–H groups in total. The van der Waals surface area contributed by atoms with Gasteiger partial charge in [0.1, 0.15) is 5.82 Å². The summed E-state index contributed by atoms with van der Waals surface area (Å²) in [5, 5.41) is 3.35. The highest BCUT2D eigenvalue weighted by Crippen LogP contribution is 2.20. The van der Waals surface area contributed by atoms with Gasteiger partial charge in [0.15, 0.2) is 5.03 Å². The van der Waals surface area contributed by atoms with Gasteiger partial charge in [-0.2, -0.15) is 8.42 Å². The number of H-pyrrole nitrogens is 1. The van der Waals surface area contributed by atoms with Crippen LogP contribution in [0.5, 0.6) is 0 Å². The molecule has 0 aliphatic heterocycles. The molecule has 0 saturated heterocycles. The topological polar surface area (TPSA) is 86.9 Å². The third-order valence-corrected chi connectivity index (χ3v) is 4.41. The quantitative estimate of drug-likeness (QED) is 0.763. The summed E-state index contributed by atoms with van der Waals surface area (Å²) >= 11 is 0. The first-order chi connectivity index (χ1) is 9.92. The molecule has 0 fully saturated rings. The number of hydrogen-bond acceptors (Lipinski definition) is 4. The molecule has 0 aliphatic carbocycles. The number of rotatable bonds is 6. The molecule has 0 bridgehead atoms. The van der Waals surface area contributed by atoms with E-state index < -0.39 is 10.0 Å². The minimum Gasteiger partial charge on any atom is -0.332 e. The van der Waals surface area contributed by atoms with Crippen LogP contribution < -0.4 is 10.0 Å². The summed E-state index contributed by atoms with van der Waals surface area (Å²) in [4.78, 5) is 6.63. The first-order valence-electron chi connectivity index (χ1n) is 6.80. The van der Waals surface area contributed by atoms with Crippen molar-refractivity contribution >= 4 is 15.7 Å². The minimum absolute atomic E-state index is 0.0603. The lowest BCUT2D eigenvalue weighted by molar-refractivity contribution is 0.596. The van der Waals surface area contributed by atoms with Crippen LogP contribution in [0.3, 0.4) is 0 Å². The zero-order chi connectivity index (χ0) is 15.5. The number of aryl methyl sites for hydroxylation is 1. The molecule has 0 spiro atoms. The van der Waals surface area contributed by atoms with Crippen molar-refractivity contribution in [2.75, 3.05) is 11.3 Å². The largest absolute Gasteiger partial charge is 0.332 e. The molecule has 114 valence electrons. The Morgan fingerprint density at radius 3 is 2.76 bits per heavy atom. The Balaban J connectivity index is 2.21. The normalized spacial score (nSPS) is 13.1. The summed E-state index contributed by atoms with van der Waals surface area (Å²) in [6.45, 7) is 6.63. The number of hydrogen-bond donors (Lipinski definition) is 3. The lowest BCUT2D eigenvalue weighted by Gasteiger charge is -2.14. The number of anilines is 1. The van der Waals surface area contributed by atoms with Crippen molar-refractivity contribution in [3.8, 4) is 0 Å². The molecule has 1 aromatic carbocycles. The van der Waals surface area contributed by atoms with Crippen LogP contribution >= 0.6 is 0 Å². The number of imidazole rings is 1. The smallest absolute Gasteiger partial charge is 0.278 e. The van der Waals surface area contributed by atoms with Crippen LogP contribution in [-0.2, 0) is 10.0 Å². The fourth-order valence-corrected chi connectivity index (χ4v) is 3.06. The highest BCUT2D eigenvalue weighted by Gasteiger charge is 2.17. The molecule has 0 saturated carbocycles. The van der Waals surface area contributed by atoms with Crippen LogP contribution in [0.25, 0.3) is 0 Å². The van der Waals surface area contributed by atoms with E-state index in [-0.39, 0.29) is 11.1 Å². The SMILES string of the molecule is CCNC(C)c1cccc(NS(=O)(=O)c2cnc(C)[nH]2)c1. The number of benzene rings is 1. The predicted molar refractivity (Wildman–Crippen MR) is 82.7 cm³/mol. The second-order valence-electron chi connectivity index (χ2n) is 4.84. The second-order valence-corrected chi connectivity index (χ2v) is 6.49. The van der Waals surface area contributed by atoms with Crippen molar-refractivity contribution in [1.29, 1.82) is 0 Å². The van der Waals surface area contributed by atoms with Crippen LogP contribution in [-0.4, -0.2) is 24.9 Å². The molecular formula is C14H20N4O2S. The Morgan fingerprint density at radius 1 is 1.38 bits per heavy atom. The zero-order valence-corrected chi connectivity index (χ0v) is 13.2. The summed E-state index contributed by atoms with van der Waals surface area (Å²) in [6, 6.07) is 7.51. The molecule has 21 heavy (non-hydrogen) atoms. The number of aromatic nitrogens is 2. The van der Waals surface area contributed by atoms with Crippen molar-refractivity contribution < 1.29 is 8.42 Å². The summed E-state index contributed by atoms with van der Waals surface area (Å²) in [5.74, 6) is 0.560. The Kier molecular flexibility index (Phi) is 4.64. The third-order valence-electron chi connectivity index (χ3n) is 3.12. The van der Waals surface area contributed by atoms with Crippen LogP contribution in [0.4, 0.5) is 5.69 Å². The Morgan fingerprint density at radius 2 is 2.14 bits per heavy atom. The van der Waals surface area contributed by atoms with Crippen molar-refractivity contribution in [2.45, 2.75) is 31.8 Å². The van der Waals surface area contributed by atoms with Gasteiger partial charge in [0.05, 0.1) is 6.20 Å². The second kappa shape index (κ2) is 6.28. The summed E-state index contributed by atoms with van der Waals surface area (Å²) in [5.41, 5.74) is 1.56.